The topological polar surface area (TPSA) is 18.5 Å². The van der Waals surface area contributed by atoms with Gasteiger partial charge in [-0.05, 0) is 24.5 Å². The molecule has 0 heterocycles. The molecule has 2 nitrogen and oxygen atoms in total. The van der Waals surface area contributed by atoms with E-state index in [2.05, 4.69) is 50.1 Å². The summed E-state index contributed by atoms with van der Waals surface area (Å²) in [6.45, 7) is 0.729. The molecule has 0 aliphatic carbocycles. The van der Waals surface area contributed by atoms with Crippen LogP contribution in [0.1, 0.15) is 12.8 Å². The minimum absolute atomic E-state index is 0.729. The largest absolute Gasteiger partial charge is 0.447 e. The van der Waals surface area contributed by atoms with Gasteiger partial charge in [0.05, 0.1) is 6.61 Å². The minimum Gasteiger partial charge on any atom is -0.447 e. The second-order valence-corrected chi connectivity index (χ2v) is 8.07. The Balaban J connectivity index is 2.12. The molecule has 5 heteroatoms. The molecule has 0 bridgehead atoms. The summed E-state index contributed by atoms with van der Waals surface area (Å²) >= 11 is 6.93. The van der Waals surface area contributed by atoms with E-state index in [9.17, 15) is 0 Å². The van der Waals surface area contributed by atoms with Crippen molar-refractivity contribution in [3.63, 3.8) is 0 Å². The Hall–Kier alpha value is -0.410. The standard InChI is InChI=1S/C18H21Br2O2P/c19-12-6-14-21-23(15-7-13-20)22-18-11-5-4-10-17(18)16-8-2-1-3-9-16/h1-5,8-11H,6-7,12-15H2. The zero-order chi connectivity index (χ0) is 16.3. The molecule has 0 saturated carbocycles. The molecule has 2 rings (SSSR count). The van der Waals surface area contributed by atoms with Gasteiger partial charge in [-0.1, -0.05) is 80.4 Å². The van der Waals surface area contributed by atoms with E-state index in [-0.39, 0.29) is 0 Å². The Labute approximate surface area is 156 Å². The van der Waals surface area contributed by atoms with Crippen LogP contribution in [0.4, 0.5) is 0 Å². The van der Waals surface area contributed by atoms with Crippen LogP contribution in [0.15, 0.2) is 54.6 Å². The molecule has 1 unspecified atom stereocenters. The van der Waals surface area contributed by atoms with Crippen LogP contribution in [0.5, 0.6) is 5.75 Å². The molecule has 124 valence electrons. The third-order valence-corrected chi connectivity index (χ3v) is 5.83. The molecule has 0 N–H and O–H groups in total. The summed E-state index contributed by atoms with van der Waals surface area (Å²) in [5.41, 5.74) is 2.28. The summed E-state index contributed by atoms with van der Waals surface area (Å²) in [5, 5.41) is 1.92. The van der Waals surface area contributed by atoms with E-state index >= 15 is 0 Å². The van der Waals surface area contributed by atoms with Crippen molar-refractivity contribution in [2.45, 2.75) is 12.8 Å². The molecule has 0 spiro atoms. The van der Waals surface area contributed by atoms with Gasteiger partial charge in [-0.25, -0.2) is 0 Å². The highest BCUT2D eigenvalue weighted by molar-refractivity contribution is 9.09. The van der Waals surface area contributed by atoms with Crippen LogP contribution in [-0.2, 0) is 4.52 Å². The molecule has 1 atom stereocenters. The molecular formula is C18H21Br2O2P. The fraction of sp³-hybridized carbons (Fsp3) is 0.333. The van der Waals surface area contributed by atoms with Gasteiger partial charge in [0.25, 0.3) is 0 Å². The van der Waals surface area contributed by atoms with Gasteiger partial charge in [0.2, 0.25) is 8.38 Å². The molecule has 0 aromatic heterocycles. The van der Waals surface area contributed by atoms with E-state index in [1.807, 2.05) is 36.4 Å². The molecule has 0 fully saturated rings. The Morgan fingerprint density at radius 2 is 1.52 bits per heavy atom. The zero-order valence-corrected chi connectivity index (χ0v) is 17.0. The van der Waals surface area contributed by atoms with Crippen molar-refractivity contribution in [3.05, 3.63) is 54.6 Å². The number of benzene rings is 2. The number of rotatable bonds is 10. The maximum Gasteiger partial charge on any atom is 0.230 e. The third-order valence-electron chi connectivity index (χ3n) is 3.16. The molecule has 2 aromatic rings. The lowest BCUT2D eigenvalue weighted by molar-refractivity contribution is 0.315. The molecule has 2 aromatic carbocycles. The van der Waals surface area contributed by atoms with E-state index in [0.717, 1.165) is 47.6 Å². The van der Waals surface area contributed by atoms with Crippen molar-refractivity contribution in [1.82, 2.24) is 0 Å². The lowest BCUT2D eigenvalue weighted by Crippen LogP contribution is -2.01. The first-order valence-electron chi connectivity index (χ1n) is 7.70. The van der Waals surface area contributed by atoms with Gasteiger partial charge < -0.3 is 9.05 Å². The summed E-state index contributed by atoms with van der Waals surface area (Å²) in [6, 6.07) is 18.5. The second kappa shape index (κ2) is 11.2. The van der Waals surface area contributed by atoms with Crippen LogP contribution in [0.25, 0.3) is 11.1 Å². The van der Waals surface area contributed by atoms with E-state index < -0.39 is 8.38 Å². The number of para-hydroxylation sites is 1. The van der Waals surface area contributed by atoms with Gasteiger partial charge in [-0.2, -0.15) is 0 Å². The maximum atomic E-state index is 6.26. The predicted molar refractivity (Wildman–Crippen MR) is 107 cm³/mol. The summed E-state index contributed by atoms with van der Waals surface area (Å²) in [7, 11) is -0.912. The molecule has 0 saturated heterocycles. The SMILES string of the molecule is BrCCCOP(CCCBr)Oc1ccccc1-c1ccccc1. The minimum atomic E-state index is -0.912. The monoisotopic (exact) mass is 458 g/mol. The van der Waals surface area contributed by atoms with Crippen molar-refractivity contribution >= 4 is 40.2 Å². The number of alkyl halides is 2. The van der Waals surface area contributed by atoms with Gasteiger partial charge in [0, 0.05) is 22.4 Å². The Kier molecular flexibility index (Phi) is 9.21. The van der Waals surface area contributed by atoms with Crippen LogP contribution >= 0.6 is 40.2 Å². The number of hydrogen-bond donors (Lipinski definition) is 0. The molecule has 0 amide bonds. The Morgan fingerprint density at radius 3 is 2.26 bits per heavy atom. The fourth-order valence-corrected chi connectivity index (χ4v) is 4.40. The summed E-state index contributed by atoms with van der Waals surface area (Å²) < 4.78 is 12.2. The van der Waals surface area contributed by atoms with Crippen LogP contribution in [0, 0.1) is 0 Å². The lowest BCUT2D eigenvalue weighted by Gasteiger charge is -2.20. The van der Waals surface area contributed by atoms with Crippen molar-refractivity contribution in [2.75, 3.05) is 23.4 Å². The Morgan fingerprint density at radius 1 is 0.826 bits per heavy atom. The van der Waals surface area contributed by atoms with Gasteiger partial charge in [-0.3, -0.25) is 0 Å². The highest BCUT2D eigenvalue weighted by Crippen LogP contribution is 2.43. The highest BCUT2D eigenvalue weighted by Gasteiger charge is 2.15. The summed E-state index contributed by atoms with van der Waals surface area (Å²) in [5.74, 6) is 0.901. The van der Waals surface area contributed by atoms with Crippen molar-refractivity contribution < 1.29 is 9.05 Å². The van der Waals surface area contributed by atoms with E-state index in [4.69, 9.17) is 9.05 Å². The van der Waals surface area contributed by atoms with Gasteiger partial charge in [-0.15, -0.1) is 0 Å². The quantitative estimate of drug-likeness (QED) is 0.225. The number of halogens is 2. The van der Waals surface area contributed by atoms with Gasteiger partial charge in [0.15, 0.2) is 0 Å². The summed E-state index contributed by atoms with van der Waals surface area (Å²) in [6.07, 6.45) is 2.98. The molecule has 23 heavy (non-hydrogen) atoms. The lowest BCUT2D eigenvalue weighted by atomic mass is 10.1. The predicted octanol–water partition coefficient (Wildman–Crippen LogP) is 6.63. The third kappa shape index (κ3) is 6.54. The van der Waals surface area contributed by atoms with E-state index in [1.165, 1.54) is 5.56 Å². The van der Waals surface area contributed by atoms with E-state index in [0.29, 0.717) is 0 Å². The van der Waals surface area contributed by atoms with Crippen LogP contribution in [0.2, 0.25) is 0 Å². The van der Waals surface area contributed by atoms with Gasteiger partial charge >= 0.3 is 0 Å². The van der Waals surface area contributed by atoms with Crippen LogP contribution < -0.4 is 4.52 Å². The first-order chi connectivity index (χ1) is 11.3. The van der Waals surface area contributed by atoms with Crippen LogP contribution in [0.3, 0.4) is 0 Å². The van der Waals surface area contributed by atoms with Crippen molar-refractivity contribution in [1.29, 1.82) is 0 Å². The van der Waals surface area contributed by atoms with E-state index in [1.54, 1.807) is 0 Å². The summed E-state index contributed by atoms with van der Waals surface area (Å²) in [4.78, 5) is 0. The fourth-order valence-electron chi connectivity index (χ4n) is 2.06. The smallest absolute Gasteiger partial charge is 0.230 e. The Bertz CT molecular complexity index is 566. The zero-order valence-electron chi connectivity index (χ0n) is 13.0. The molecular weight excluding hydrogens is 439 g/mol. The first-order valence-corrected chi connectivity index (χ1v) is 11.3. The highest BCUT2D eigenvalue weighted by atomic mass is 79.9. The maximum absolute atomic E-state index is 6.26. The average molecular weight is 460 g/mol. The van der Waals surface area contributed by atoms with Crippen molar-refractivity contribution in [3.8, 4) is 16.9 Å². The van der Waals surface area contributed by atoms with Crippen molar-refractivity contribution in [2.24, 2.45) is 0 Å². The molecule has 0 radical (unpaired) electrons. The second-order valence-electron chi connectivity index (χ2n) is 4.93. The van der Waals surface area contributed by atoms with Crippen LogP contribution in [-0.4, -0.2) is 23.4 Å². The molecule has 0 aliphatic heterocycles. The number of hydrogen-bond acceptors (Lipinski definition) is 2. The first kappa shape index (κ1) is 18.9. The molecule has 0 aliphatic rings. The average Bonchev–Trinajstić information content (AvgIpc) is 2.61. The normalized spacial score (nSPS) is 12.1. The van der Waals surface area contributed by atoms with Gasteiger partial charge in [0.1, 0.15) is 5.75 Å².